The Morgan fingerprint density at radius 1 is 1.03 bits per heavy atom. The summed E-state index contributed by atoms with van der Waals surface area (Å²) in [5.74, 6) is -0.450. The molecule has 33 heavy (non-hydrogen) atoms. The van der Waals surface area contributed by atoms with E-state index in [2.05, 4.69) is 20.6 Å². The zero-order valence-electron chi connectivity index (χ0n) is 18.9. The molecule has 0 atom stereocenters. The van der Waals surface area contributed by atoms with Crippen LogP contribution in [0.1, 0.15) is 36.0 Å². The number of nitrogens with one attached hydrogen (secondary N) is 2. The number of rotatable bonds is 6. The molecular formula is C24H27F2N5O2. The van der Waals surface area contributed by atoms with E-state index in [9.17, 15) is 13.6 Å². The number of carbonyl (C=O) groups is 1. The molecule has 3 aromatic rings. The van der Waals surface area contributed by atoms with Gasteiger partial charge in [0, 0.05) is 43.2 Å². The number of methoxy groups -OCH3 is 1. The Bertz CT molecular complexity index is 1160. The van der Waals surface area contributed by atoms with Gasteiger partial charge in [0.15, 0.2) is 11.6 Å². The molecule has 1 aromatic heterocycles. The van der Waals surface area contributed by atoms with Crippen LogP contribution in [-0.4, -0.2) is 49.2 Å². The van der Waals surface area contributed by atoms with Gasteiger partial charge in [0.1, 0.15) is 11.6 Å². The second-order valence-electron chi connectivity index (χ2n) is 8.45. The maximum Gasteiger partial charge on any atom is 0.251 e. The first-order valence-electron chi connectivity index (χ1n) is 10.9. The molecule has 0 aliphatic heterocycles. The van der Waals surface area contributed by atoms with Crippen molar-refractivity contribution in [1.82, 2.24) is 15.3 Å². The lowest BCUT2D eigenvalue weighted by molar-refractivity contribution is 0.0926. The number of anilines is 2. The van der Waals surface area contributed by atoms with Gasteiger partial charge in [-0.05, 0) is 49.9 Å². The van der Waals surface area contributed by atoms with Gasteiger partial charge >= 0.3 is 0 Å². The summed E-state index contributed by atoms with van der Waals surface area (Å²) < 4.78 is 32.7. The van der Waals surface area contributed by atoms with E-state index < -0.39 is 11.6 Å². The number of ether oxygens (including phenoxy) is 1. The van der Waals surface area contributed by atoms with E-state index in [1.54, 1.807) is 50.4 Å². The zero-order valence-corrected chi connectivity index (χ0v) is 18.9. The molecular weight excluding hydrogens is 428 g/mol. The molecule has 4 rings (SSSR count). The Hall–Kier alpha value is -3.49. The molecule has 7 nitrogen and oxygen atoms in total. The summed E-state index contributed by atoms with van der Waals surface area (Å²) in [6.45, 7) is 0. The first kappa shape index (κ1) is 22.7. The Kier molecular flexibility index (Phi) is 6.57. The van der Waals surface area contributed by atoms with Gasteiger partial charge in [0.05, 0.1) is 12.6 Å². The van der Waals surface area contributed by atoms with Crippen molar-refractivity contribution in [1.29, 1.82) is 0 Å². The topological polar surface area (TPSA) is 79.4 Å². The first-order chi connectivity index (χ1) is 15.8. The number of halogens is 2. The molecule has 1 aliphatic carbocycles. The summed E-state index contributed by atoms with van der Waals surface area (Å²) >= 11 is 0. The normalized spacial score (nSPS) is 18.1. The van der Waals surface area contributed by atoms with E-state index in [-0.39, 0.29) is 18.0 Å². The Morgan fingerprint density at radius 2 is 1.73 bits per heavy atom. The third-order valence-electron chi connectivity index (χ3n) is 5.87. The van der Waals surface area contributed by atoms with Crippen LogP contribution in [0.15, 0.2) is 36.4 Å². The minimum atomic E-state index is -0.941. The van der Waals surface area contributed by atoms with Crippen LogP contribution in [0.5, 0.6) is 5.75 Å². The van der Waals surface area contributed by atoms with E-state index in [4.69, 9.17) is 4.74 Å². The van der Waals surface area contributed by atoms with E-state index in [0.717, 1.165) is 37.8 Å². The molecule has 1 aliphatic rings. The quantitative estimate of drug-likeness (QED) is 0.582. The lowest BCUT2D eigenvalue weighted by Crippen LogP contribution is -2.40. The molecule has 1 saturated carbocycles. The predicted octanol–water partition coefficient (Wildman–Crippen LogP) is 4.14. The van der Waals surface area contributed by atoms with Crippen LogP contribution in [0.25, 0.3) is 10.9 Å². The number of fused-ring (bicyclic) bond motifs is 1. The van der Waals surface area contributed by atoms with Gasteiger partial charge < -0.3 is 20.3 Å². The van der Waals surface area contributed by atoms with E-state index in [1.807, 2.05) is 0 Å². The summed E-state index contributed by atoms with van der Waals surface area (Å²) in [6.07, 6.45) is 3.25. The van der Waals surface area contributed by atoms with Crippen molar-refractivity contribution in [3.8, 4) is 5.75 Å². The minimum absolute atomic E-state index is 0.0775. The van der Waals surface area contributed by atoms with Crippen molar-refractivity contribution < 1.29 is 18.3 Å². The summed E-state index contributed by atoms with van der Waals surface area (Å²) in [7, 11) is 5.16. The average molecular weight is 456 g/mol. The molecule has 1 heterocycles. The molecule has 174 valence electrons. The smallest absolute Gasteiger partial charge is 0.251 e. The van der Waals surface area contributed by atoms with Gasteiger partial charge in [-0.25, -0.2) is 13.8 Å². The van der Waals surface area contributed by atoms with Gasteiger partial charge in [-0.2, -0.15) is 4.98 Å². The molecule has 0 saturated heterocycles. The van der Waals surface area contributed by atoms with Crippen LogP contribution in [0.4, 0.5) is 20.5 Å². The fourth-order valence-electron chi connectivity index (χ4n) is 4.11. The van der Waals surface area contributed by atoms with Gasteiger partial charge in [-0.3, -0.25) is 4.79 Å². The van der Waals surface area contributed by atoms with E-state index >= 15 is 0 Å². The van der Waals surface area contributed by atoms with Gasteiger partial charge in [-0.1, -0.05) is 6.07 Å². The molecule has 0 unspecified atom stereocenters. The first-order valence-corrected chi connectivity index (χ1v) is 10.9. The third-order valence-corrected chi connectivity index (χ3v) is 5.87. The number of hydrogen-bond acceptors (Lipinski definition) is 6. The Morgan fingerprint density at radius 3 is 2.42 bits per heavy atom. The van der Waals surface area contributed by atoms with Crippen molar-refractivity contribution in [2.45, 2.75) is 37.8 Å². The van der Waals surface area contributed by atoms with Gasteiger partial charge in [0.2, 0.25) is 5.95 Å². The molecule has 2 N–H and O–H groups in total. The molecule has 1 amide bonds. The maximum absolute atomic E-state index is 13.8. The van der Waals surface area contributed by atoms with Crippen LogP contribution < -0.4 is 20.3 Å². The SMILES string of the molecule is COc1cccc(C(=O)N[C@H]2CC[C@@H](Nc3nc(N(C)C)c4cc(F)c(F)cc4n3)CC2)c1. The molecule has 0 radical (unpaired) electrons. The fraction of sp³-hybridized carbons (Fsp3) is 0.375. The van der Waals surface area contributed by atoms with E-state index in [1.165, 1.54) is 0 Å². The standard InChI is InChI=1S/C24H27F2N5O2/c1-31(2)22-18-12-19(25)20(26)13-21(18)29-24(30-22)28-16-9-7-15(8-10-16)27-23(32)14-5-4-6-17(11-14)33-3/h4-6,11-13,15-16H,7-10H2,1-3H3,(H,27,32)(H,28,29,30)/t15-,16+. The van der Waals surface area contributed by atoms with E-state index in [0.29, 0.717) is 34.0 Å². The number of nitrogens with zero attached hydrogens (tertiary/aromatic N) is 3. The molecule has 9 heteroatoms. The molecule has 0 spiro atoms. The van der Waals surface area contributed by atoms with Crippen LogP contribution >= 0.6 is 0 Å². The van der Waals surface area contributed by atoms with Crippen molar-refractivity contribution in [2.24, 2.45) is 0 Å². The highest BCUT2D eigenvalue weighted by Gasteiger charge is 2.24. The number of benzene rings is 2. The third kappa shape index (κ3) is 5.13. The van der Waals surface area contributed by atoms with Crippen LogP contribution in [0, 0.1) is 11.6 Å². The highest BCUT2D eigenvalue weighted by Crippen LogP contribution is 2.28. The second kappa shape index (κ2) is 9.56. The Labute approximate surface area is 191 Å². The number of hydrogen-bond donors (Lipinski definition) is 2. The number of aromatic nitrogens is 2. The molecule has 2 aromatic carbocycles. The summed E-state index contributed by atoms with van der Waals surface area (Å²) in [5, 5.41) is 6.87. The second-order valence-corrected chi connectivity index (χ2v) is 8.45. The van der Waals surface area contributed by atoms with Crippen molar-refractivity contribution in [3.05, 3.63) is 53.6 Å². The zero-order chi connectivity index (χ0) is 23.5. The lowest BCUT2D eigenvalue weighted by Gasteiger charge is -2.30. The fourth-order valence-corrected chi connectivity index (χ4v) is 4.11. The average Bonchev–Trinajstić information content (AvgIpc) is 2.81. The van der Waals surface area contributed by atoms with Crippen LogP contribution in [-0.2, 0) is 0 Å². The summed E-state index contributed by atoms with van der Waals surface area (Å²) in [4.78, 5) is 23.2. The minimum Gasteiger partial charge on any atom is -0.497 e. The number of carbonyl (C=O) groups excluding carboxylic acids is 1. The summed E-state index contributed by atoms with van der Waals surface area (Å²) in [5.41, 5.74) is 0.911. The lowest BCUT2D eigenvalue weighted by atomic mass is 9.91. The molecule has 1 fully saturated rings. The predicted molar refractivity (Wildman–Crippen MR) is 124 cm³/mol. The van der Waals surface area contributed by atoms with Crippen LogP contribution in [0.2, 0.25) is 0 Å². The summed E-state index contributed by atoms with van der Waals surface area (Å²) in [6, 6.07) is 9.49. The number of amides is 1. The van der Waals surface area contributed by atoms with Crippen LogP contribution in [0.3, 0.4) is 0 Å². The van der Waals surface area contributed by atoms with Crippen molar-refractivity contribution in [3.63, 3.8) is 0 Å². The molecule has 0 bridgehead atoms. The van der Waals surface area contributed by atoms with Crippen molar-refractivity contribution in [2.75, 3.05) is 31.4 Å². The Balaban J connectivity index is 1.40. The van der Waals surface area contributed by atoms with Crippen molar-refractivity contribution >= 4 is 28.6 Å². The van der Waals surface area contributed by atoms with Gasteiger partial charge in [0.25, 0.3) is 5.91 Å². The monoisotopic (exact) mass is 455 g/mol. The van der Waals surface area contributed by atoms with Gasteiger partial charge in [-0.15, -0.1) is 0 Å². The largest absolute Gasteiger partial charge is 0.497 e. The maximum atomic E-state index is 13.8. The highest BCUT2D eigenvalue weighted by atomic mass is 19.2. The highest BCUT2D eigenvalue weighted by molar-refractivity contribution is 5.94.